The first-order valence-electron chi connectivity index (χ1n) is 8.25. The molecule has 0 bridgehead atoms. The number of nitrogens with zero attached hydrogens (tertiary/aromatic N) is 2. The molecule has 1 aliphatic rings. The highest BCUT2D eigenvalue weighted by Gasteiger charge is 2.32. The van der Waals surface area contributed by atoms with E-state index < -0.39 is 0 Å². The van der Waals surface area contributed by atoms with Crippen LogP contribution in [0.4, 0.5) is 10.1 Å². The highest BCUT2D eigenvalue weighted by Crippen LogP contribution is 2.40. The van der Waals surface area contributed by atoms with E-state index in [0.717, 1.165) is 17.0 Å². The molecule has 0 aromatic heterocycles. The highest BCUT2D eigenvalue weighted by atomic mass is 35.5. The van der Waals surface area contributed by atoms with Crippen LogP contribution in [0, 0.1) is 5.82 Å². The fourth-order valence-corrected chi connectivity index (χ4v) is 3.52. The number of halogens is 3. The summed E-state index contributed by atoms with van der Waals surface area (Å²) in [5, 5.41) is 7.83. The maximum Gasteiger partial charge on any atom is 0.128 e. The molecule has 2 nitrogen and oxygen atoms in total. The molecule has 0 saturated carbocycles. The molecule has 0 amide bonds. The molecule has 0 spiro atoms. The lowest BCUT2D eigenvalue weighted by molar-refractivity contribution is 0.579. The summed E-state index contributed by atoms with van der Waals surface area (Å²) in [6, 6.07) is 21.5. The van der Waals surface area contributed by atoms with E-state index in [1.165, 1.54) is 6.07 Å². The average molecular weight is 385 g/mol. The third-order valence-electron chi connectivity index (χ3n) is 4.45. The van der Waals surface area contributed by atoms with Crippen molar-refractivity contribution < 1.29 is 4.39 Å². The molecule has 4 rings (SSSR count). The summed E-state index contributed by atoms with van der Waals surface area (Å²) in [5.74, 6) is -0.248. The van der Waals surface area contributed by atoms with Crippen LogP contribution >= 0.6 is 23.2 Å². The maximum atomic E-state index is 14.5. The van der Waals surface area contributed by atoms with E-state index in [1.54, 1.807) is 12.1 Å². The first-order valence-corrected chi connectivity index (χ1v) is 9.00. The maximum absolute atomic E-state index is 14.5. The van der Waals surface area contributed by atoms with E-state index in [4.69, 9.17) is 28.3 Å². The predicted molar refractivity (Wildman–Crippen MR) is 106 cm³/mol. The fraction of sp³-hybridized carbons (Fsp3) is 0.0952. The second kappa shape index (κ2) is 7.10. The van der Waals surface area contributed by atoms with Gasteiger partial charge in [-0.15, -0.1) is 0 Å². The SMILES string of the molecule is Fc1ccccc1[C@H]1CC(c2ccc(Cl)cc2)=NN1c1ccccc1Cl. The second-order valence-electron chi connectivity index (χ2n) is 6.09. The van der Waals surface area contributed by atoms with Gasteiger partial charge in [0, 0.05) is 17.0 Å². The number of anilines is 1. The van der Waals surface area contributed by atoms with Gasteiger partial charge >= 0.3 is 0 Å². The lowest BCUT2D eigenvalue weighted by Crippen LogP contribution is -2.19. The molecule has 1 atom stereocenters. The summed E-state index contributed by atoms with van der Waals surface area (Å²) in [4.78, 5) is 0. The minimum Gasteiger partial charge on any atom is -0.256 e. The Morgan fingerprint density at radius 1 is 0.885 bits per heavy atom. The van der Waals surface area contributed by atoms with Gasteiger partial charge in [-0.25, -0.2) is 4.39 Å². The zero-order valence-corrected chi connectivity index (χ0v) is 15.3. The monoisotopic (exact) mass is 384 g/mol. The third kappa shape index (κ3) is 3.20. The molecule has 0 fully saturated rings. The largest absolute Gasteiger partial charge is 0.256 e. The molecule has 130 valence electrons. The first-order chi connectivity index (χ1) is 12.6. The lowest BCUT2D eigenvalue weighted by Gasteiger charge is -2.25. The van der Waals surface area contributed by atoms with Gasteiger partial charge in [0.15, 0.2) is 0 Å². The van der Waals surface area contributed by atoms with Gasteiger partial charge in [-0.05, 0) is 35.9 Å². The van der Waals surface area contributed by atoms with Crippen LogP contribution in [0.5, 0.6) is 0 Å². The van der Waals surface area contributed by atoms with Crippen LogP contribution in [0.3, 0.4) is 0 Å². The normalized spacial score (nSPS) is 16.7. The van der Waals surface area contributed by atoms with E-state index in [2.05, 4.69) is 0 Å². The summed E-state index contributed by atoms with van der Waals surface area (Å²) in [6.07, 6.45) is 0.577. The molecular weight excluding hydrogens is 370 g/mol. The van der Waals surface area contributed by atoms with Gasteiger partial charge < -0.3 is 0 Å². The smallest absolute Gasteiger partial charge is 0.128 e. The van der Waals surface area contributed by atoms with Crippen molar-refractivity contribution in [1.29, 1.82) is 0 Å². The zero-order chi connectivity index (χ0) is 18.1. The van der Waals surface area contributed by atoms with Gasteiger partial charge in [-0.1, -0.05) is 65.7 Å². The van der Waals surface area contributed by atoms with Gasteiger partial charge in [-0.2, -0.15) is 5.10 Å². The van der Waals surface area contributed by atoms with E-state index in [-0.39, 0.29) is 11.9 Å². The summed E-state index contributed by atoms with van der Waals surface area (Å²) in [7, 11) is 0. The van der Waals surface area contributed by atoms with Gasteiger partial charge in [0.1, 0.15) is 5.82 Å². The van der Waals surface area contributed by atoms with E-state index in [1.807, 2.05) is 59.6 Å². The van der Waals surface area contributed by atoms with Crippen LogP contribution in [0.2, 0.25) is 10.0 Å². The number of para-hydroxylation sites is 1. The first kappa shape index (κ1) is 17.1. The zero-order valence-electron chi connectivity index (χ0n) is 13.7. The van der Waals surface area contributed by atoms with Crippen LogP contribution in [0.25, 0.3) is 0 Å². The number of benzene rings is 3. The van der Waals surface area contributed by atoms with E-state index >= 15 is 0 Å². The van der Waals surface area contributed by atoms with Crippen molar-refractivity contribution in [2.45, 2.75) is 12.5 Å². The quantitative estimate of drug-likeness (QED) is 0.503. The molecule has 0 radical (unpaired) electrons. The third-order valence-corrected chi connectivity index (χ3v) is 5.02. The molecule has 26 heavy (non-hydrogen) atoms. The molecule has 0 N–H and O–H groups in total. The lowest BCUT2D eigenvalue weighted by atomic mass is 9.98. The molecule has 0 saturated heterocycles. The number of hydrogen-bond donors (Lipinski definition) is 0. The Labute approximate surface area is 161 Å². The second-order valence-corrected chi connectivity index (χ2v) is 6.93. The van der Waals surface area contributed by atoms with Crippen molar-refractivity contribution in [3.8, 4) is 0 Å². The summed E-state index contributed by atoms with van der Waals surface area (Å²) in [5.41, 5.74) is 3.19. The Balaban J connectivity index is 1.80. The number of rotatable bonds is 3. The van der Waals surface area contributed by atoms with Gasteiger partial charge in [-0.3, -0.25) is 5.01 Å². The summed E-state index contributed by atoms with van der Waals surface area (Å²) >= 11 is 12.4. The molecule has 3 aromatic carbocycles. The molecular formula is C21H15Cl2FN2. The summed E-state index contributed by atoms with van der Waals surface area (Å²) in [6.45, 7) is 0. The van der Waals surface area contributed by atoms with E-state index in [0.29, 0.717) is 22.0 Å². The van der Waals surface area contributed by atoms with Crippen LogP contribution < -0.4 is 5.01 Å². The Morgan fingerprint density at radius 3 is 2.31 bits per heavy atom. The molecule has 3 aromatic rings. The van der Waals surface area contributed by atoms with Gasteiger partial charge in [0.2, 0.25) is 0 Å². The van der Waals surface area contributed by atoms with Crippen molar-refractivity contribution in [2.24, 2.45) is 5.10 Å². The van der Waals surface area contributed by atoms with Gasteiger partial charge in [0.25, 0.3) is 0 Å². The Morgan fingerprint density at radius 2 is 1.58 bits per heavy atom. The minimum atomic E-state index is -0.262. The molecule has 5 heteroatoms. The molecule has 0 unspecified atom stereocenters. The topological polar surface area (TPSA) is 15.6 Å². The minimum absolute atomic E-state index is 0.248. The van der Waals surface area contributed by atoms with Crippen molar-refractivity contribution in [3.05, 3.63) is 99.8 Å². The van der Waals surface area contributed by atoms with Crippen LogP contribution in [0.1, 0.15) is 23.6 Å². The van der Waals surface area contributed by atoms with Crippen molar-refractivity contribution in [3.63, 3.8) is 0 Å². The Kier molecular flexibility index (Phi) is 4.66. The van der Waals surface area contributed by atoms with E-state index in [9.17, 15) is 4.39 Å². The highest BCUT2D eigenvalue weighted by molar-refractivity contribution is 6.33. The van der Waals surface area contributed by atoms with Gasteiger partial charge in [0.05, 0.1) is 22.5 Å². The molecule has 1 aliphatic heterocycles. The molecule has 0 aliphatic carbocycles. The summed E-state index contributed by atoms with van der Waals surface area (Å²) < 4.78 is 14.5. The Bertz CT molecular complexity index is 970. The Hall–Kier alpha value is -2.36. The number of hydrazone groups is 1. The standard InChI is InChI=1S/C21H15Cl2FN2/c22-15-11-9-14(10-12-15)19-13-21(16-5-1-3-7-18(16)24)26(25-19)20-8-4-2-6-17(20)23/h1-12,21H,13H2/t21-/m1/s1. The van der Waals surface area contributed by atoms with Crippen molar-refractivity contribution >= 4 is 34.6 Å². The van der Waals surface area contributed by atoms with Crippen molar-refractivity contribution in [2.75, 3.05) is 5.01 Å². The van der Waals surface area contributed by atoms with Crippen LogP contribution in [-0.4, -0.2) is 5.71 Å². The van der Waals surface area contributed by atoms with Crippen LogP contribution in [0.15, 0.2) is 77.9 Å². The number of hydrogen-bond acceptors (Lipinski definition) is 2. The predicted octanol–water partition coefficient (Wildman–Crippen LogP) is 6.49. The van der Waals surface area contributed by atoms with Crippen molar-refractivity contribution in [1.82, 2.24) is 0 Å². The van der Waals surface area contributed by atoms with Crippen LogP contribution in [-0.2, 0) is 0 Å². The molecule has 1 heterocycles. The fourth-order valence-electron chi connectivity index (χ4n) is 3.17. The average Bonchev–Trinajstić information content (AvgIpc) is 3.08.